The minimum Gasteiger partial charge on any atom is -0.462 e. The predicted molar refractivity (Wildman–Crippen MR) is 71.5 cm³/mol. The highest BCUT2D eigenvalue weighted by Gasteiger charge is 2.32. The largest absolute Gasteiger partial charge is 0.462 e. The molecule has 1 aromatic heterocycles. The van der Waals surface area contributed by atoms with Gasteiger partial charge in [0.25, 0.3) is 5.88 Å². The molecule has 102 valence electrons. The Morgan fingerprint density at radius 3 is 2.89 bits per heavy atom. The van der Waals surface area contributed by atoms with Crippen LogP contribution in [0.2, 0.25) is 0 Å². The molecule has 0 aliphatic carbocycles. The van der Waals surface area contributed by atoms with Crippen LogP contribution in [0.4, 0.5) is 10.2 Å². The van der Waals surface area contributed by atoms with Gasteiger partial charge in [0, 0.05) is 13.1 Å². The Hall–Kier alpha value is -1.83. The van der Waals surface area contributed by atoms with Crippen molar-refractivity contribution in [1.82, 2.24) is 9.97 Å². The number of ether oxygens (including phenoxy) is 1. The second-order valence-electron chi connectivity index (χ2n) is 5.37. The van der Waals surface area contributed by atoms with E-state index < -0.39 is 5.82 Å². The van der Waals surface area contributed by atoms with Crippen LogP contribution in [0.5, 0.6) is 5.88 Å². The molecular formula is C14H18FN3O. The second-order valence-corrected chi connectivity index (χ2v) is 5.37. The minimum atomic E-state index is -0.502. The Morgan fingerprint density at radius 1 is 1.47 bits per heavy atom. The van der Waals surface area contributed by atoms with Crippen molar-refractivity contribution >= 4 is 5.82 Å². The summed E-state index contributed by atoms with van der Waals surface area (Å²) in [5.41, 5.74) is 0.187. The van der Waals surface area contributed by atoms with Gasteiger partial charge < -0.3 is 9.64 Å². The van der Waals surface area contributed by atoms with E-state index >= 15 is 0 Å². The lowest BCUT2D eigenvalue weighted by Gasteiger charge is -2.21. The van der Waals surface area contributed by atoms with Crippen LogP contribution in [0.3, 0.4) is 0 Å². The van der Waals surface area contributed by atoms with E-state index in [0.29, 0.717) is 5.82 Å². The molecule has 0 bridgehead atoms. The molecule has 0 atom stereocenters. The minimum absolute atomic E-state index is 0.0301. The van der Waals surface area contributed by atoms with Crippen molar-refractivity contribution in [3.63, 3.8) is 0 Å². The van der Waals surface area contributed by atoms with Gasteiger partial charge in [-0.3, -0.25) is 0 Å². The number of halogens is 1. The van der Waals surface area contributed by atoms with Gasteiger partial charge in [-0.1, -0.05) is 19.8 Å². The van der Waals surface area contributed by atoms with Crippen molar-refractivity contribution in [3.05, 3.63) is 12.1 Å². The molecule has 1 fully saturated rings. The number of nitrogens with zero attached hydrogens (tertiary/aromatic N) is 3. The lowest BCUT2D eigenvalue weighted by molar-refractivity contribution is 0.331. The third-order valence-electron chi connectivity index (χ3n) is 3.17. The molecule has 0 radical (unpaired) electrons. The molecule has 2 heterocycles. The average molecular weight is 263 g/mol. The highest BCUT2D eigenvalue weighted by molar-refractivity contribution is 5.44. The fourth-order valence-corrected chi connectivity index (χ4v) is 2.14. The molecule has 1 aliphatic heterocycles. The van der Waals surface area contributed by atoms with Crippen LogP contribution in [0.25, 0.3) is 0 Å². The number of rotatable bonds is 3. The van der Waals surface area contributed by atoms with Crippen molar-refractivity contribution < 1.29 is 9.13 Å². The molecule has 19 heavy (non-hydrogen) atoms. The molecule has 0 unspecified atom stereocenters. The molecule has 0 spiro atoms. The first kappa shape index (κ1) is 13.6. The van der Waals surface area contributed by atoms with Crippen LogP contribution in [-0.2, 0) is 0 Å². The summed E-state index contributed by atoms with van der Waals surface area (Å²) in [5, 5.41) is 0. The van der Waals surface area contributed by atoms with Crippen molar-refractivity contribution in [2.75, 3.05) is 24.6 Å². The molecule has 1 aliphatic rings. The molecule has 0 amide bonds. The summed E-state index contributed by atoms with van der Waals surface area (Å²) in [5.74, 6) is 5.19. The van der Waals surface area contributed by atoms with Crippen molar-refractivity contribution in [2.45, 2.75) is 27.2 Å². The molecule has 0 saturated carbocycles. The molecule has 5 heteroatoms. The first-order valence-electron chi connectivity index (χ1n) is 6.31. The van der Waals surface area contributed by atoms with E-state index in [1.165, 1.54) is 6.33 Å². The second kappa shape index (κ2) is 5.43. The summed E-state index contributed by atoms with van der Waals surface area (Å²) in [6.07, 6.45) is 2.35. The maximum absolute atomic E-state index is 14.3. The van der Waals surface area contributed by atoms with Gasteiger partial charge in [0.15, 0.2) is 12.4 Å². The number of hydrogen-bond acceptors (Lipinski definition) is 4. The number of anilines is 1. The van der Waals surface area contributed by atoms with Crippen LogP contribution in [0, 0.1) is 23.1 Å². The summed E-state index contributed by atoms with van der Waals surface area (Å²) in [6.45, 7) is 7.76. The van der Waals surface area contributed by atoms with Gasteiger partial charge in [0.1, 0.15) is 6.33 Å². The monoisotopic (exact) mass is 263 g/mol. The number of hydrogen-bond donors (Lipinski definition) is 0. The van der Waals surface area contributed by atoms with Crippen LogP contribution in [0.1, 0.15) is 27.2 Å². The predicted octanol–water partition coefficient (Wildman–Crippen LogP) is 2.25. The van der Waals surface area contributed by atoms with E-state index in [9.17, 15) is 4.39 Å². The Balaban J connectivity index is 2.17. The normalized spacial score (nSPS) is 16.9. The maximum atomic E-state index is 14.3. The standard InChI is InChI=1S/C14H18FN3O/c1-4-5-8-19-13-11(15)12(16-10-17-13)18-7-6-14(2,3)9-18/h10H,6-9H2,1-3H3. The molecular weight excluding hydrogens is 245 g/mol. The van der Waals surface area contributed by atoms with E-state index in [0.717, 1.165) is 19.5 Å². The van der Waals surface area contributed by atoms with E-state index in [2.05, 4.69) is 35.7 Å². The molecule has 0 aromatic carbocycles. The van der Waals surface area contributed by atoms with Crippen molar-refractivity contribution in [1.29, 1.82) is 0 Å². The van der Waals surface area contributed by atoms with Gasteiger partial charge >= 0.3 is 0 Å². The van der Waals surface area contributed by atoms with Gasteiger partial charge in [-0.2, -0.15) is 9.37 Å². The molecule has 4 nitrogen and oxygen atoms in total. The average Bonchev–Trinajstić information content (AvgIpc) is 2.72. The van der Waals surface area contributed by atoms with Crippen LogP contribution >= 0.6 is 0 Å². The van der Waals surface area contributed by atoms with Crippen LogP contribution in [-0.4, -0.2) is 29.7 Å². The van der Waals surface area contributed by atoms with E-state index in [1.54, 1.807) is 6.92 Å². The Bertz CT molecular complexity index is 519. The van der Waals surface area contributed by atoms with Gasteiger partial charge in [-0.25, -0.2) is 4.98 Å². The van der Waals surface area contributed by atoms with Gasteiger partial charge in [-0.05, 0) is 18.8 Å². The van der Waals surface area contributed by atoms with Crippen LogP contribution in [0.15, 0.2) is 6.33 Å². The third-order valence-corrected chi connectivity index (χ3v) is 3.17. The SMILES string of the molecule is CC#CCOc1ncnc(N2CCC(C)(C)C2)c1F. The van der Waals surface area contributed by atoms with Gasteiger partial charge in [0.2, 0.25) is 5.82 Å². The van der Waals surface area contributed by atoms with E-state index in [4.69, 9.17) is 4.74 Å². The van der Waals surface area contributed by atoms with E-state index in [1.807, 2.05) is 4.90 Å². The molecule has 0 N–H and O–H groups in total. The molecule has 1 saturated heterocycles. The van der Waals surface area contributed by atoms with E-state index in [-0.39, 0.29) is 17.9 Å². The summed E-state index contributed by atoms with van der Waals surface area (Å²) < 4.78 is 19.5. The van der Waals surface area contributed by atoms with Crippen molar-refractivity contribution in [3.8, 4) is 17.7 Å². The zero-order chi connectivity index (χ0) is 13.9. The topological polar surface area (TPSA) is 38.3 Å². The summed E-state index contributed by atoms with van der Waals surface area (Å²) in [6, 6.07) is 0. The zero-order valence-electron chi connectivity index (χ0n) is 11.5. The lowest BCUT2D eigenvalue weighted by Crippen LogP contribution is -2.25. The third kappa shape index (κ3) is 3.14. The Labute approximate surface area is 113 Å². The fraction of sp³-hybridized carbons (Fsp3) is 0.571. The van der Waals surface area contributed by atoms with Gasteiger partial charge in [0.05, 0.1) is 0 Å². The Morgan fingerprint density at radius 2 is 2.26 bits per heavy atom. The number of aromatic nitrogens is 2. The zero-order valence-corrected chi connectivity index (χ0v) is 11.5. The quantitative estimate of drug-likeness (QED) is 0.784. The summed E-state index contributed by atoms with van der Waals surface area (Å²) >= 11 is 0. The first-order valence-corrected chi connectivity index (χ1v) is 6.31. The fourth-order valence-electron chi connectivity index (χ4n) is 2.14. The van der Waals surface area contributed by atoms with Crippen molar-refractivity contribution in [2.24, 2.45) is 5.41 Å². The van der Waals surface area contributed by atoms with Crippen LogP contribution < -0.4 is 9.64 Å². The smallest absolute Gasteiger partial charge is 0.256 e. The summed E-state index contributed by atoms with van der Waals surface area (Å²) in [7, 11) is 0. The highest BCUT2D eigenvalue weighted by atomic mass is 19.1. The Kier molecular flexibility index (Phi) is 3.89. The first-order chi connectivity index (χ1) is 9.03. The van der Waals surface area contributed by atoms with Gasteiger partial charge in [-0.15, -0.1) is 5.92 Å². The highest BCUT2D eigenvalue weighted by Crippen LogP contribution is 2.33. The molecule has 1 aromatic rings. The lowest BCUT2D eigenvalue weighted by atomic mass is 9.93. The molecule has 2 rings (SSSR count). The maximum Gasteiger partial charge on any atom is 0.256 e. The summed E-state index contributed by atoms with van der Waals surface area (Å²) in [4.78, 5) is 9.79.